The molecule has 2 heterocycles. The molecule has 2 atom stereocenters. The maximum Gasteiger partial charge on any atom is 0.251 e. The molecule has 2 N–H and O–H groups in total. The smallest absolute Gasteiger partial charge is 0.251 e. The molecular weight excluding hydrogens is 332 g/mol. The molecule has 1 amide bonds. The van der Waals surface area contributed by atoms with Crippen molar-refractivity contribution in [3.05, 3.63) is 35.4 Å². The third kappa shape index (κ3) is 5.27. The van der Waals surface area contributed by atoms with Crippen molar-refractivity contribution in [2.45, 2.75) is 44.4 Å². The van der Waals surface area contributed by atoms with Crippen molar-refractivity contribution in [3.8, 4) is 0 Å². The van der Waals surface area contributed by atoms with Gasteiger partial charge in [-0.2, -0.15) is 0 Å². The molecule has 0 radical (unpaired) electrons. The van der Waals surface area contributed by atoms with Gasteiger partial charge in [0.15, 0.2) is 0 Å². The zero-order valence-corrected chi connectivity index (χ0v) is 15.7. The van der Waals surface area contributed by atoms with Crippen molar-refractivity contribution >= 4 is 5.91 Å². The Morgan fingerprint density at radius 3 is 2.54 bits per heavy atom. The summed E-state index contributed by atoms with van der Waals surface area (Å²) in [5.74, 6) is -0.0622. The van der Waals surface area contributed by atoms with E-state index in [-0.39, 0.29) is 18.0 Å². The predicted molar refractivity (Wildman–Crippen MR) is 99.3 cm³/mol. The number of carbonyl (C=O) groups excluding carboxylic acids is 1. The SMILES string of the molecule is CC(C)(O)CCc1ccc(C(=O)N[C@H]2COC[C@@H]2N2CCOCC2)cc1. The van der Waals surface area contributed by atoms with Crippen LogP contribution in [-0.2, 0) is 15.9 Å². The van der Waals surface area contributed by atoms with Gasteiger partial charge < -0.3 is 19.9 Å². The molecule has 2 fully saturated rings. The maximum absolute atomic E-state index is 12.6. The first-order chi connectivity index (χ1) is 12.4. The van der Waals surface area contributed by atoms with Crippen LogP contribution < -0.4 is 5.32 Å². The van der Waals surface area contributed by atoms with Crippen LogP contribution in [-0.4, -0.2) is 73.1 Å². The fourth-order valence-electron chi connectivity index (χ4n) is 3.47. The average molecular weight is 362 g/mol. The fourth-order valence-corrected chi connectivity index (χ4v) is 3.47. The Balaban J connectivity index is 1.55. The monoisotopic (exact) mass is 362 g/mol. The van der Waals surface area contributed by atoms with Crippen molar-refractivity contribution < 1.29 is 19.4 Å². The second-order valence-electron chi connectivity index (χ2n) is 7.84. The number of amides is 1. The molecule has 6 nitrogen and oxygen atoms in total. The van der Waals surface area contributed by atoms with E-state index < -0.39 is 5.60 Å². The minimum atomic E-state index is -0.674. The van der Waals surface area contributed by atoms with E-state index in [0.717, 1.165) is 38.3 Å². The van der Waals surface area contributed by atoms with E-state index in [9.17, 15) is 9.90 Å². The largest absolute Gasteiger partial charge is 0.390 e. The van der Waals surface area contributed by atoms with Crippen LogP contribution >= 0.6 is 0 Å². The topological polar surface area (TPSA) is 71.0 Å². The molecule has 0 aromatic heterocycles. The number of benzene rings is 1. The highest BCUT2D eigenvalue weighted by Gasteiger charge is 2.34. The van der Waals surface area contributed by atoms with Gasteiger partial charge in [0.1, 0.15) is 0 Å². The number of nitrogens with one attached hydrogen (secondary N) is 1. The van der Waals surface area contributed by atoms with Crippen LogP contribution in [0.2, 0.25) is 0 Å². The lowest BCUT2D eigenvalue weighted by molar-refractivity contribution is 0.0108. The van der Waals surface area contributed by atoms with Gasteiger partial charge in [-0.1, -0.05) is 12.1 Å². The molecule has 2 aliphatic rings. The Morgan fingerprint density at radius 2 is 1.88 bits per heavy atom. The summed E-state index contributed by atoms with van der Waals surface area (Å²) in [4.78, 5) is 15.0. The number of hydrogen-bond donors (Lipinski definition) is 2. The first kappa shape index (κ1) is 19.3. The van der Waals surface area contributed by atoms with Gasteiger partial charge in [-0.05, 0) is 44.4 Å². The summed E-state index contributed by atoms with van der Waals surface area (Å²) >= 11 is 0. The van der Waals surface area contributed by atoms with E-state index in [0.29, 0.717) is 25.2 Å². The van der Waals surface area contributed by atoms with Crippen LogP contribution in [0.25, 0.3) is 0 Å². The highest BCUT2D eigenvalue weighted by molar-refractivity contribution is 5.94. The molecule has 0 bridgehead atoms. The van der Waals surface area contributed by atoms with Crippen LogP contribution in [0.15, 0.2) is 24.3 Å². The van der Waals surface area contributed by atoms with Gasteiger partial charge in [-0.25, -0.2) is 0 Å². The summed E-state index contributed by atoms with van der Waals surface area (Å²) in [6.07, 6.45) is 1.49. The second-order valence-corrected chi connectivity index (χ2v) is 7.84. The van der Waals surface area contributed by atoms with Crippen molar-refractivity contribution in [1.82, 2.24) is 10.2 Å². The molecule has 1 aromatic rings. The third-order valence-corrected chi connectivity index (χ3v) is 5.12. The van der Waals surface area contributed by atoms with E-state index in [2.05, 4.69) is 10.2 Å². The zero-order chi connectivity index (χ0) is 18.6. The Morgan fingerprint density at radius 1 is 1.19 bits per heavy atom. The lowest BCUT2D eigenvalue weighted by Crippen LogP contribution is -2.54. The van der Waals surface area contributed by atoms with Crippen LogP contribution in [0, 0.1) is 0 Å². The van der Waals surface area contributed by atoms with Gasteiger partial charge in [0.25, 0.3) is 5.91 Å². The predicted octanol–water partition coefficient (Wildman–Crippen LogP) is 1.22. The lowest BCUT2D eigenvalue weighted by Gasteiger charge is -2.34. The quantitative estimate of drug-likeness (QED) is 0.796. The summed E-state index contributed by atoms with van der Waals surface area (Å²) < 4.78 is 11.0. The molecule has 0 saturated carbocycles. The average Bonchev–Trinajstić information content (AvgIpc) is 3.08. The van der Waals surface area contributed by atoms with Crippen LogP contribution in [0.5, 0.6) is 0 Å². The highest BCUT2D eigenvalue weighted by atomic mass is 16.5. The number of hydrogen-bond acceptors (Lipinski definition) is 5. The van der Waals surface area contributed by atoms with Crippen molar-refractivity contribution in [2.75, 3.05) is 39.5 Å². The zero-order valence-electron chi connectivity index (χ0n) is 15.7. The summed E-state index contributed by atoms with van der Waals surface area (Å²) in [5, 5.41) is 13.0. The van der Waals surface area contributed by atoms with Crippen LogP contribution in [0.1, 0.15) is 36.2 Å². The maximum atomic E-state index is 12.6. The number of aryl methyl sites for hydroxylation is 1. The Bertz CT molecular complexity index is 591. The minimum Gasteiger partial charge on any atom is -0.390 e. The van der Waals surface area contributed by atoms with Gasteiger partial charge in [-0.3, -0.25) is 9.69 Å². The van der Waals surface area contributed by atoms with Crippen LogP contribution in [0.3, 0.4) is 0 Å². The molecule has 6 heteroatoms. The van der Waals surface area contributed by atoms with E-state index in [1.807, 2.05) is 38.1 Å². The number of aliphatic hydroxyl groups is 1. The molecule has 0 spiro atoms. The number of ether oxygens (including phenoxy) is 2. The third-order valence-electron chi connectivity index (χ3n) is 5.12. The molecule has 2 aliphatic heterocycles. The summed E-state index contributed by atoms with van der Waals surface area (Å²) in [6, 6.07) is 7.86. The van der Waals surface area contributed by atoms with Crippen molar-refractivity contribution in [2.24, 2.45) is 0 Å². The fraction of sp³-hybridized carbons (Fsp3) is 0.650. The Kier molecular flexibility index (Phi) is 6.29. The number of rotatable bonds is 6. The van der Waals surface area contributed by atoms with Crippen LogP contribution in [0.4, 0.5) is 0 Å². The summed E-state index contributed by atoms with van der Waals surface area (Å²) in [7, 11) is 0. The first-order valence-electron chi connectivity index (χ1n) is 9.44. The lowest BCUT2D eigenvalue weighted by atomic mass is 9.98. The second kappa shape index (κ2) is 8.48. The van der Waals surface area contributed by atoms with E-state index in [4.69, 9.17) is 9.47 Å². The Hall–Kier alpha value is -1.47. The number of nitrogens with zero attached hydrogens (tertiary/aromatic N) is 1. The first-order valence-corrected chi connectivity index (χ1v) is 9.44. The molecule has 2 saturated heterocycles. The molecule has 144 valence electrons. The summed E-state index contributed by atoms with van der Waals surface area (Å²) in [6.45, 7) is 8.07. The summed E-state index contributed by atoms with van der Waals surface area (Å²) in [5.41, 5.74) is 1.11. The molecule has 0 unspecified atom stereocenters. The van der Waals surface area contributed by atoms with Gasteiger partial charge in [-0.15, -0.1) is 0 Å². The van der Waals surface area contributed by atoms with Gasteiger partial charge >= 0.3 is 0 Å². The minimum absolute atomic E-state index is 0.00969. The standard InChI is InChI=1S/C20H30N2O4/c1-20(2,24)8-7-15-3-5-16(6-4-15)19(23)21-17-13-26-14-18(17)22-9-11-25-12-10-22/h3-6,17-18,24H,7-14H2,1-2H3,(H,21,23)/t17-,18-/m0/s1. The van der Waals surface area contributed by atoms with E-state index >= 15 is 0 Å². The highest BCUT2D eigenvalue weighted by Crippen LogP contribution is 2.17. The van der Waals surface area contributed by atoms with Gasteiger partial charge in [0.05, 0.1) is 44.1 Å². The van der Waals surface area contributed by atoms with Gasteiger partial charge in [0.2, 0.25) is 0 Å². The molecule has 26 heavy (non-hydrogen) atoms. The van der Waals surface area contributed by atoms with E-state index in [1.54, 1.807) is 0 Å². The number of carbonyl (C=O) groups is 1. The Labute approximate surface area is 155 Å². The van der Waals surface area contributed by atoms with E-state index in [1.165, 1.54) is 0 Å². The molecular formula is C20H30N2O4. The van der Waals surface area contributed by atoms with Crippen molar-refractivity contribution in [3.63, 3.8) is 0 Å². The number of morpholine rings is 1. The van der Waals surface area contributed by atoms with Gasteiger partial charge in [0, 0.05) is 18.7 Å². The van der Waals surface area contributed by atoms with Crippen molar-refractivity contribution in [1.29, 1.82) is 0 Å². The molecule has 0 aliphatic carbocycles. The molecule has 1 aromatic carbocycles. The molecule has 3 rings (SSSR count). The normalized spacial score (nSPS) is 24.6.